The molecule has 1 unspecified atom stereocenters. The molecule has 0 aliphatic rings. The van der Waals surface area contributed by atoms with Gasteiger partial charge in [-0.15, -0.1) is 0 Å². The van der Waals surface area contributed by atoms with Crippen LogP contribution < -0.4 is 0 Å². The molecule has 0 saturated heterocycles. The van der Waals surface area contributed by atoms with Crippen LogP contribution >= 0.6 is 15.9 Å². The molecule has 0 heterocycles. The second-order valence-electron chi connectivity index (χ2n) is 5.53. The van der Waals surface area contributed by atoms with Crippen molar-refractivity contribution in [3.8, 4) is 0 Å². The lowest BCUT2D eigenvalue weighted by atomic mass is 10.1. The van der Waals surface area contributed by atoms with Gasteiger partial charge in [-0.3, -0.25) is 0 Å². The molecule has 1 atom stereocenters. The van der Waals surface area contributed by atoms with Crippen LogP contribution in [0.5, 0.6) is 0 Å². The Hall–Kier alpha value is -0.380. The Morgan fingerprint density at radius 1 is 1.15 bits per heavy atom. The molecule has 0 aliphatic carbocycles. The summed E-state index contributed by atoms with van der Waals surface area (Å²) in [5.74, 6) is 0. The van der Waals surface area contributed by atoms with Crippen molar-refractivity contribution in [1.82, 2.24) is 4.90 Å². The maximum atomic E-state index is 10.4. The Bertz CT molecular complexity index is 387. The van der Waals surface area contributed by atoms with Crippen LogP contribution in [0, 0.1) is 6.92 Å². The van der Waals surface area contributed by atoms with Gasteiger partial charge in [0.1, 0.15) is 0 Å². The van der Waals surface area contributed by atoms with Crippen LogP contribution in [-0.4, -0.2) is 29.6 Å². The zero-order chi connectivity index (χ0) is 15.0. The highest BCUT2D eigenvalue weighted by Gasteiger charge is 2.13. The number of aryl methyl sites for hydroxylation is 1. The molecule has 1 N–H and O–H groups in total. The van der Waals surface area contributed by atoms with Crippen LogP contribution in [0.15, 0.2) is 22.7 Å². The summed E-state index contributed by atoms with van der Waals surface area (Å²) < 4.78 is 1.07. The number of hydrogen-bond donors (Lipinski definition) is 1. The summed E-state index contributed by atoms with van der Waals surface area (Å²) in [4.78, 5) is 2.39. The molecule has 0 amide bonds. The van der Waals surface area contributed by atoms with Crippen molar-refractivity contribution in [2.45, 2.75) is 52.6 Å². The van der Waals surface area contributed by atoms with E-state index in [1.807, 2.05) is 12.1 Å². The summed E-state index contributed by atoms with van der Waals surface area (Å²) in [6.45, 7) is 9.39. The Morgan fingerprint density at radius 3 is 2.25 bits per heavy atom. The normalized spacial score (nSPS) is 12.9. The van der Waals surface area contributed by atoms with Crippen LogP contribution in [-0.2, 0) is 0 Å². The molecule has 1 aromatic rings. The first-order chi connectivity index (χ1) is 9.58. The molecule has 2 nitrogen and oxygen atoms in total. The zero-order valence-corrected chi connectivity index (χ0v) is 14.6. The second kappa shape index (κ2) is 9.54. The van der Waals surface area contributed by atoms with E-state index in [-0.39, 0.29) is 0 Å². The third kappa shape index (κ3) is 5.94. The smallest absolute Gasteiger partial charge is 0.0917 e. The molecule has 0 aromatic heterocycles. The second-order valence-corrected chi connectivity index (χ2v) is 6.39. The molecule has 0 saturated carbocycles. The van der Waals surface area contributed by atoms with Gasteiger partial charge < -0.3 is 10.0 Å². The molecule has 1 aromatic carbocycles. The third-order valence-corrected chi connectivity index (χ3v) is 4.52. The van der Waals surface area contributed by atoms with E-state index < -0.39 is 6.10 Å². The largest absolute Gasteiger partial charge is 0.387 e. The van der Waals surface area contributed by atoms with Gasteiger partial charge in [-0.1, -0.05) is 54.8 Å². The summed E-state index contributed by atoms with van der Waals surface area (Å²) in [6.07, 6.45) is 4.41. The van der Waals surface area contributed by atoms with Crippen molar-refractivity contribution < 1.29 is 5.11 Å². The molecule has 0 spiro atoms. The molecule has 114 valence electrons. The third-order valence-electron chi connectivity index (χ3n) is 3.67. The number of hydrogen-bond acceptors (Lipinski definition) is 2. The van der Waals surface area contributed by atoms with Crippen LogP contribution in [0.3, 0.4) is 0 Å². The van der Waals surface area contributed by atoms with Crippen LogP contribution in [0.1, 0.15) is 56.8 Å². The number of rotatable bonds is 9. The molecular formula is C17H28BrNO. The fraction of sp³-hybridized carbons (Fsp3) is 0.647. The SMILES string of the molecule is CCCCN(CCCC)CC(O)c1ccc(C)c(Br)c1. The van der Waals surface area contributed by atoms with E-state index in [1.165, 1.54) is 31.2 Å². The number of unbranched alkanes of at least 4 members (excludes halogenated alkanes) is 2. The van der Waals surface area contributed by atoms with Crippen LogP contribution in [0.2, 0.25) is 0 Å². The fourth-order valence-electron chi connectivity index (χ4n) is 2.22. The van der Waals surface area contributed by atoms with Crippen molar-refractivity contribution >= 4 is 15.9 Å². The van der Waals surface area contributed by atoms with E-state index in [4.69, 9.17) is 0 Å². The van der Waals surface area contributed by atoms with Gasteiger partial charge in [0.2, 0.25) is 0 Å². The molecular weight excluding hydrogens is 314 g/mol. The lowest BCUT2D eigenvalue weighted by Crippen LogP contribution is -2.30. The maximum Gasteiger partial charge on any atom is 0.0917 e. The van der Waals surface area contributed by atoms with Crippen molar-refractivity contribution in [3.63, 3.8) is 0 Å². The minimum Gasteiger partial charge on any atom is -0.387 e. The first-order valence-corrected chi connectivity index (χ1v) is 8.54. The van der Waals surface area contributed by atoms with Gasteiger partial charge in [0, 0.05) is 11.0 Å². The topological polar surface area (TPSA) is 23.5 Å². The quantitative estimate of drug-likeness (QED) is 0.704. The van der Waals surface area contributed by atoms with E-state index in [9.17, 15) is 5.11 Å². The average Bonchev–Trinajstić information content (AvgIpc) is 2.44. The van der Waals surface area contributed by atoms with Gasteiger partial charge in [-0.2, -0.15) is 0 Å². The van der Waals surface area contributed by atoms with E-state index in [0.717, 1.165) is 29.7 Å². The van der Waals surface area contributed by atoms with E-state index in [0.29, 0.717) is 0 Å². The van der Waals surface area contributed by atoms with Crippen LogP contribution in [0.25, 0.3) is 0 Å². The highest BCUT2D eigenvalue weighted by atomic mass is 79.9. The predicted octanol–water partition coefficient (Wildman–Crippen LogP) is 4.69. The fourth-order valence-corrected chi connectivity index (χ4v) is 2.62. The summed E-state index contributed by atoms with van der Waals surface area (Å²) in [5.41, 5.74) is 2.20. The molecule has 0 aliphatic heterocycles. The molecule has 0 bridgehead atoms. The summed E-state index contributed by atoms with van der Waals surface area (Å²) in [6, 6.07) is 6.13. The predicted molar refractivity (Wildman–Crippen MR) is 90.1 cm³/mol. The number of aliphatic hydroxyl groups is 1. The first-order valence-electron chi connectivity index (χ1n) is 7.75. The summed E-state index contributed by atoms with van der Waals surface area (Å²) in [5, 5.41) is 10.4. The average molecular weight is 342 g/mol. The Labute approximate surface area is 132 Å². The monoisotopic (exact) mass is 341 g/mol. The molecule has 1 rings (SSSR count). The van der Waals surface area contributed by atoms with E-state index in [2.05, 4.69) is 47.7 Å². The minimum absolute atomic E-state index is 0.402. The first kappa shape index (κ1) is 17.7. The summed E-state index contributed by atoms with van der Waals surface area (Å²) in [7, 11) is 0. The van der Waals surface area contributed by atoms with Crippen LogP contribution in [0.4, 0.5) is 0 Å². The van der Waals surface area contributed by atoms with Crippen molar-refractivity contribution in [2.75, 3.05) is 19.6 Å². The highest BCUT2D eigenvalue weighted by molar-refractivity contribution is 9.10. The van der Waals surface area contributed by atoms with Crippen molar-refractivity contribution in [3.05, 3.63) is 33.8 Å². The van der Waals surface area contributed by atoms with Gasteiger partial charge in [0.15, 0.2) is 0 Å². The molecule has 0 radical (unpaired) electrons. The van der Waals surface area contributed by atoms with Gasteiger partial charge in [0.05, 0.1) is 6.10 Å². The van der Waals surface area contributed by atoms with Crippen molar-refractivity contribution in [2.24, 2.45) is 0 Å². The minimum atomic E-state index is -0.402. The molecule has 0 fully saturated rings. The van der Waals surface area contributed by atoms with E-state index >= 15 is 0 Å². The van der Waals surface area contributed by atoms with Gasteiger partial charge in [-0.05, 0) is 50.0 Å². The number of nitrogens with zero attached hydrogens (tertiary/aromatic N) is 1. The summed E-state index contributed by atoms with van der Waals surface area (Å²) >= 11 is 3.54. The van der Waals surface area contributed by atoms with E-state index in [1.54, 1.807) is 0 Å². The highest BCUT2D eigenvalue weighted by Crippen LogP contribution is 2.22. The molecule has 20 heavy (non-hydrogen) atoms. The van der Waals surface area contributed by atoms with Gasteiger partial charge >= 0.3 is 0 Å². The Morgan fingerprint density at radius 2 is 1.75 bits per heavy atom. The zero-order valence-electron chi connectivity index (χ0n) is 13.0. The van der Waals surface area contributed by atoms with Gasteiger partial charge in [0.25, 0.3) is 0 Å². The number of benzene rings is 1. The Balaban J connectivity index is 2.62. The van der Waals surface area contributed by atoms with Crippen molar-refractivity contribution in [1.29, 1.82) is 0 Å². The maximum absolute atomic E-state index is 10.4. The molecule has 3 heteroatoms. The van der Waals surface area contributed by atoms with Gasteiger partial charge in [-0.25, -0.2) is 0 Å². The Kier molecular flexibility index (Phi) is 8.43. The number of halogens is 1. The number of aliphatic hydroxyl groups excluding tert-OH is 1. The lowest BCUT2D eigenvalue weighted by molar-refractivity contribution is 0.111. The lowest BCUT2D eigenvalue weighted by Gasteiger charge is -2.25. The standard InChI is InChI=1S/C17H28BrNO/c1-4-6-10-19(11-7-5-2)13-17(20)15-9-8-14(3)16(18)12-15/h8-9,12,17,20H,4-7,10-11,13H2,1-3H3.